The Hall–Kier alpha value is -1.35. The number of carbonyl (C=O) groups is 1. The molecule has 1 aromatic carbocycles. The van der Waals surface area contributed by atoms with Crippen LogP contribution in [0.1, 0.15) is 75.8 Å². The van der Waals surface area contributed by atoms with Gasteiger partial charge in [-0.25, -0.2) is 0 Å². The third kappa shape index (κ3) is 2.27. The molecule has 27 heavy (non-hydrogen) atoms. The Morgan fingerprint density at radius 3 is 2.85 bits per heavy atom. The first-order valence-corrected chi connectivity index (χ1v) is 10.9. The molecule has 4 aliphatic carbocycles. The van der Waals surface area contributed by atoms with E-state index in [2.05, 4.69) is 19.9 Å². The van der Waals surface area contributed by atoms with Crippen molar-refractivity contribution in [1.29, 1.82) is 0 Å². The van der Waals surface area contributed by atoms with E-state index >= 15 is 0 Å². The molecule has 0 saturated heterocycles. The Kier molecular flexibility index (Phi) is 3.82. The van der Waals surface area contributed by atoms with E-state index in [1.54, 1.807) is 0 Å². The minimum absolute atomic E-state index is 0.120. The van der Waals surface area contributed by atoms with Crippen LogP contribution in [0, 0.1) is 29.1 Å². The second-order valence-electron chi connectivity index (χ2n) is 10.2. The number of rotatable bonds is 2. The molecule has 3 fully saturated rings. The van der Waals surface area contributed by atoms with Gasteiger partial charge in [0.15, 0.2) is 0 Å². The van der Waals surface area contributed by atoms with Crippen LogP contribution in [-0.4, -0.2) is 21.6 Å². The Labute approximate surface area is 162 Å². The van der Waals surface area contributed by atoms with Crippen molar-refractivity contribution in [3.05, 3.63) is 29.3 Å². The first-order chi connectivity index (χ1) is 12.9. The van der Waals surface area contributed by atoms with E-state index in [9.17, 15) is 15.0 Å². The van der Waals surface area contributed by atoms with E-state index in [0.717, 1.165) is 25.7 Å². The molecule has 3 nitrogen and oxygen atoms in total. The van der Waals surface area contributed by atoms with Crippen molar-refractivity contribution in [2.24, 2.45) is 29.1 Å². The summed E-state index contributed by atoms with van der Waals surface area (Å²) in [6.45, 7) is 4.56. The molecule has 0 unspecified atom stereocenters. The van der Waals surface area contributed by atoms with Crippen LogP contribution < -0.4 is 0 Å². The summed E-state index contributed by atoms with van der Waals surface area (Å²) >= 11 is 0. The molecule has 0 spiro atoms. The highest BCUT2D eigenvalue weighted by molar-refractivity contribution is 5.83. The molecule has 1 aromatic rings. The maximum atomic E-state index is 12.1. The normalized spacial score (nSPS) is 45.1. The second kappa shape index (κ2) is 5.83. The third-order valence-electron chi connectivity index (χ3n) is 9.08. The number of carbonyl (C=O) groups excluding carboxylic acids is 1. The smallest absolute Gasteiger partial charge is 0.136 e. The monoisotopic (exact) mass is 368 g/mol. The number of hydrogen-bond donors (Lipinski definition) is 2. The van der Waals surface area contributed by atoms with Gasteiger partial charge in [-0.05, 0) is 78.5 Å². The average Bonchev–Trinajstić information content (AvgIpc) is 3.02. The molecule has 0 heterocycles. The molecule has 3 saturated carbocycles. The maximum absolute atomic E-state index is 12.1. The van der Waals surface area contributed by atoms with Crippen molar-refractivity contribution in [1.82, 2.24) is 0 Å². The lowest BCUT2D eigenvalue weighted by molar-refractivity contribution is -0.131. The van der Waals surface area contributed by atoms with Gasteiger partial charge in [0.2, 0.25) is 0 Å². The van der Waals surface area contributed by atoms with Crippen molar-refractivity contribution in [3.8, 4) is 5.75 Å². The zero-order chi connectivity index (χ0) is 19.0. The van der Waals surface area contributed by atoms with E-state index < -0.39 is 5.60 Å². The van der Waals surface area contributed by atoms with Gasteiger partial charge in [0.1, 0.15) is 11.5 Å². The van der Waals surface area contributed by atoms with Gasteiger partial charge in [-0.2, -0.15) is 0 Å². The summed E-state index contributed by atoms with van der Waals surface area (Å²) < 4.78 is 0. The maximum Gasteiger partial charge on any atom is 0.136 e. The number of aromatic hydroxyl groups is 1. The fourth-order valence-electron chi connectivity index (χ4n) is 7.94. The van der Waals surface area contributed by atoms with E-state index in [4.69, 9.17) is 0 Å². The van der Waals surface area contributed by atoms with Gasteiger partial charge in [-0.1, -0.05) is 32.8 Å². The predicted octanol–water partition coefficient (Wildman–Crippen LogP) is 4.59. The Morgan fingerprint density at radius 2 is 2.07 bits per heavy atom. The van der Waals surface area contributed by atoms with Gasteiger partial charge in [-0.15, -0.1) is 0 Å². The topological polar surface area (TPSA) is 57.5 Å². The molecule has 0 aromatic heterocycles. The molecule has 2 N–H and O–H groups in total. The number of Topliss-reactive ketones (excluding diaryl/α,β-unsaturated/α-hetero) is 1. The number of hydrogen-bond acceptors (Lipinski definition) is 3. The van der Waals surface area contributed by atoms with Crippen LogP contribution in [-0.2, 0) is 11.2 Å². The zero-order valence-electron chi connectivity index (χ0n) is 16.6. The van der Waals surface area contributed by atoms with Crippen molar-refractivity contribution in [2.75, 3.05) is 0 Å². The number of fused-ring (bicyclic) bond motifs is 7. The average molecular weight is 369 g/mol. The highest BCUT2D eigenvalue weighted by Crippen LogP contribution is 2.69. The van der Waals surface area contributed by atoms with Gasteiger partial charge >= 0.3 is 0 Å². The molecule has 0 aliphatic heterocycles. The van der Waals surface area contributed by atoms with Crippen LogP contribution in [0.4, 0.5) is 0 Å². The summed E-state index contributed by atoms with van der Waals surface area (Å²) in [6.07, 6.45) is 7.54. The number of phenols is 1. The van der Waals surface area contributed by atoms with Crippen molar-refractivity contribution >= 4 is 5.78 Å². The molecule has 7 atom stereocenters. The molecular formula is C24H32O3. The van der Waals surface area contributed by atoms with Gasteiger partial charge in [0.25, 0.3) is 0 Å². The lowest BCUT2D eigenvalue weighted by Crippen LogP contribution is -2.53. The minimum atomic E-state index is -0.772. The molecule has 5 rings (SSSR count). The van der Waals surface area contributed by atoms with E-state index in [1.165, 1.54) is 24.0 Å². The van der Waals surface area contributed by atoms with Crippen molar-refractivity contribution in [3.63, 3.8) is 0 Å². The Balaban J connectivity index is 1.57. The molecule has 0 amide bonds. The van der Waals surface area contributed by atoms with Gasteiger partial charge in [-0.3, -0.25) is 4.79 Å². The largest absolute Gasteiger partial charge is 0.508 e. The van der Waals surface area contributed by atoms with Crippen LogP contribution in [0.25, 0.3) is 0 Å². The number of phenolic OH excluding ortho intramolecular Hbond substituents is 1. The number of ketones is 1. The van der Waals surface area contributed by atoms with Crippen molar-refractivity contribution in [2.45, 2.75) is 76.7 Å². The summed E-state index contributed by atoms with van der Waals surface area (Å²) in [7, 11) is 0. The summed E-state index contributed by atoms with van der Waals surface area (Å²) in [5.74, 6) is 3.09. The van der Waals surface area contributed by atoms with E-state index in [0.29, 0.717) is 42.3 Å². The number of benzene rings is 1. The minimum Gasteiger partial charge on any atom is -0.508 e. The summed E-state index contributed by atoms with van der Waals surface area (Å²) in [5.41, 5.74) is 1.88. The van der Waals surface area contributed by atoms with Crippen molar-refractivity contribution < 1.29 is 15.0 Å². The third-order valence-corrected chi connectivity index (χ3v) is 9.08. The highest BCUT2D eigenvalue weighted by atomic mass is 16.3. The summed E-state index contributed by atoms with van der Waals surface area (Å²) in [6, 6.07) is 5.98. The highest BCUT2D eigenvalue weighted by Gasteiger charge is 2.68. The van der Waals surface area contributed by atoms with Gasteiger partial charge in [0, 0.05) is 18.3 Å². The standard InChI is InChI=1S/C24H32O3/c1-3-4-14-9-15-10-17(25)5-6-19(15)20-7-8-23(2)21(22(14)20)12-16-11-18(26)13-24(16,23)27/h5-6,10,14,16,20-22,25,27H,3-4,7-9,11-13H2,1-2H3/t14-,16-,20-,21+,22-,23+,24+/m1/s1. The molecule has 0 radical (unpaired) electrons. The van der Waals surface area contributed by atoms with E-state index in [-0.39, 0.29) is 17.1 Å². The van der Waals surface area contributed by atoms with Crippen LogP contribution in [0.5, 0.6) is 5.75 Å². The van der Waals surface area contributed by atoms with Gasteiger partial charge in [0.05, 0.1) is 5.60 Å². The lowest BCUT2D eigenvalue weighted by Gasteiger charge is -2.55. The summed E-state index contributed by atoms with van der Waals surface area (Å²) in [5, 5.41) is 21.6. The first-order valence-electron chi connectivity index (χ1n) is 10.9. The second-order valence-corrected chi connectivity index (χ2v) is 10.2. The lowest BCUT2D eigenvalue weighted by atomic mass is 9.50. The Bertz CT molecular complexity index is 786. The first kappa shape index (κ1) is 17.7. The molecule has 146 valence electrons. The van der Waals surface area contributed by atoms with E-state index in [1.807, 2.05) is 12.1 Å². The zero-order valence-corrected chi connectivity index (χ0v) is 16.6. The Morgan fingerprint density at radius 1 is 1.26 bits per heavy atom. The molecule has 0 bridgehead atoms. The molecule has 3 heteroatoms. The van der Waals surface area contributed by atoms with Crippen LogP contribution in [0.3, 0.4) is 0 Å². The fourth-order valence-corrected chi connectivity index (χ4v) is 7.94. The number of aliphatic hydroxyl groups is 1. The molecular weight excluding hydrogens is 336 g/mol. The quantitative estimate of drug-likeness (QED) is 0.802. The van der Waals surface area contributed by atoms with Crippen LogP contribution in [0.2, 0.25) is 0 Å². The predicted molar refractivity (Wildman–Crippen MR) is 105 cm³/mol. The van der Waals surface area contributed by atoms with Gasteiger partial charge < -0.3 is 10.2 Å². The molecule has 4 aliphatic rings. The SMILES string of the molecule is CCC[C@@H]1Cc2cc(O)ccc2[C@H]2CC[C@@]3(C)[C@@H](C[C@H]4CC(=O)C[C@]43O)[C@H]12. The summed E-state index contributed by atoms with van der Waals surface area (Å²) in [4.78, 5) is 12.1. The van der Waals surface area contributed by atoms with Crippen LogP contribution >= 0.6 is 0 Å². The van der Waals surface area contributed by atoms with Crippen LogP contribution in [0.15, 0.2) is 18.2 Å². The fraction of sp³-hybridized carbons (Fsp3) is 0.708.